The molecule has 6 nitrogen and oxygen atoms in total. The molecule has 6 heteroatoms. The summed E-state index contributed by atoms with van der Waals surface area (Å²) in [6, 6.07) is 5.50. The molecule has 1 saturated carbocycles. The van der Waals surface area contributed by atoms with E-state index in [1.165, 1.54) is 0 Å². The molecular weight excluding hydrogens is 346 g/mol. The Morgan fingerprint density at radius 2 is 1.70 bits per heavy atom. The van der Waals surface area contributed by atoms with Crippen LogP contribution in [0.1, 0.15) is 27.9 Å². The number of likely N-dealkylation sites (tertiary alicyclic amines) is 1. The Morgan fingerprint density at radius 1 is 1.07 bits per heavy atom. The molecular formula is C21H21NO5. The van der Waals surface area contributed by atoms with Gasteiger partial charge in [-0.3, -0.25) is 24.1 Å². The third kappa shape index (κ3) is 2.89. The number of carbonyl (C=O) groups excluding carboxylic acids is 4. The molecule has 2 amide bonds. The van der Waals surface area contributed by atoms with E-state index in [9.17, 15) is 19.2 Å². The fourth-order valence-corrected chi connectivity index (χ4v) is 4.55. The number of ether oxygens (including phenoxy) is 1. The van der Waals surface area contributed by atoms with Crippen LogP contribution in [-0.4, -0.2) is 41.6 Å². The van der Waals surface area contributed by atoms with Crippen LogP contribution in [0.2, 0.25) is 0 Å². The fraction of sp³-hybridized carbons (Fsp3) is 0.429. The number of aryl methyl sites for hydroxylation is 2. The number of hydrogen-bond acceptors (Lipinski definition) is 5. The Balaban J connectivity index is 1.36. The van der Waals surface area contributed by atoms with E-state index in [0.29, 0.717) is 5.56 Å². The summed E-state index contributed by atoms with van der Waals surface area (Å²) in [5.41, 5.74) is 2.26. The smallest absolute Gasteiger partial charge is 0.326 e. The maximum Gasteiger partial charge on any atom is 0.326 e. The molecule has 1 aromatic carbocycles. The third-order valence-electron chi connectivity index (χ3n) is 5.91. The minimum atomic E-state index is -0.740. The number of rotatable bonds is 5. The second kappa shape index (κ2) is 6.44. The highest BCUT2D eigenvalue weighted by Crippen LogP contribution is 2.52. The molecule has 2 fully saturated rings. The predicted octanol–water partition coefficient (Wildman–Crippen LogP) is 1.84. The molecule has 0 unspecified atom stereocenters. The normalized spacial score (nSPS) is 28.0. The largest absolute Gasteiger partial charge is 0.456 e. The van der Waals surface area contributed by atoms with Crippen LogP contribution in [0.4, 0.5) is 0 Å². The van der Waals surface area contributed by atoms with E-state index in [1.54, 1.807) is 6.07 Å². The number of allylic oxidation sites excluding steroid dienone is 2. The monoisotopic (exact) mass is 367 g/mol. The van der Waals surface area contributed by atoms with Gasteiger partial charge in [0.1, 0.15) is 6.54 Å². The predicted molar refractivity (Wildman–Crippen MR) is 95.6 cm³/mol. The SMILES string of the molecule is Cc1ccc(C)c(C(=O)COC(=O)CN2C(=O)[C@H]3[C@H](C2=O)[C@H]2C=C[C@H]3C2)c1. The summed E-state index contributed by atoms with van der Waals surface area (Å²) in [7, 11) is 0. The van der Waals surface area contributed by atoms with Crippen LogP contribution in [0.5, 0.6) is 0 Å². The molecule has 1 aliphatic heterocycles. The number of hydrogen-bond donors (Lipinski definition) is 0. The molecule has 2 bridgehead atoms. The summed E-state index contributed by atoms with van der Waals surface area (Å²) in [6.07, 6.45) is 4.85. The molecule has 2 aliphatic carbocycles. The van der Waals surface area contributed by atoms with Crippen molar-refractivity contribution >= 4 is 23.6 Å². The summed E-state index contributed by atoms with van der Waals surface area (Å²) in [5, 5.41) is 0. The van der Waals surface area contributed by atoms with Crippen molar-refractivity contribution in [2.45, 2.75) is 20.3 Å². The average Bonchev–Trinajstić information content (AvgIpc) is 3.31. The van der Waals surface area contributed by atoms with E-state index in [1.807, 2.05) is 38.1 Å². The first-order valence-corrected chi connectivity index (χ1v) is 9.16. The van der Waals surface area contributed by atoms with Crippen molar-refractivity contribution in [3.8, 4) is 0 Å². The molecule has 27 heavy (non-hydrogen) atoms. The van der Waals surface area contributed by atoms with Crippen LogP contribution in [0, 0.1) is 37.5 Å². The van der Waals surface area contributed by atoms with E-state index in [2.05, 4.69) is 0 Å². The number of amides is 2. The number of benzene rings is 1. The van der Waals surface area contributed by atoms with Gasteiger partial charge in [0, 0.05) is 5.56 Å². The van der Waals surface area contributed by atoms with Gasteiger partial charge in [0.2, 0.25) is 17.6 Å². The van der Waals surface area contributed by atoms with Gasteiger partial charge >= 0.3 is 5.97 Å². The van der Waals surface area contributed by atoms with Crippen LogP contribution in [-0.2, 0) is 19.1 Å². The van der Waals surface area contributed by atoms with Crippen molar-refractivity contribution in [2.24, 2.45) is 23.7 Å². The van der Waals surface area contributed by atoms with Gasteiger partial charge in [-0.25, -0.2) is 0 Å². The third-order valence-corrected chi connectivity index (χ3v) is 5.91. The Kier molecular flexibility index (Phi) is 4.21. The highest BCUT2D eigenvalue weighted by molar-refractivity contribution is 6.08. The van der Waals surface area contributed by atoms with Gasteiger partial charge in [0.15, 0.2) is 6.61 Å². The minimum absolute atomic E-state index is 0.100. The molecule has 140 valence electrons. The van der Waals surface area contributed by atoms with Gasteiger partial charge in [-0.15, -0.1) is 0 Å². The van der Waals surface area contributed by atoms with E-state index < -0.39 is 19.1 Å². The molecule has 1 aromatic rings. The first-order valence-electron chi connectivity index (χ1n) is 9.16. The molecule has 0 aromatic heterocycles. The fourth-order valence-electron chi connectivity index (χ4n) is 4.55. The highest BCUT2D eigenvalue weighted by Gasteiger charge is 2.59. The summed E-state index contributed by atoms with van der Waals surface area (Å²) in [4.78, 5) is 50.6. The van der Waals surface area contributed by atoms with Crippen LogP contribution >= 0.6 is 0 Å². The van der Waals surface area contributed by atoms with Gasteiger partial charge in [0.05, 0.1) is 11.8 Å². The number of esters is 1. The van der Waals surface area contributed by atoms with Crippen molar-refractivity contribution < 1.29 is 23.9 Å². The van der Waals surface area contributed by atoms with Gasteiger partial charge in [-0.05, 0) is 43.7 Å². The van der Waals surface area contributed by atoms with Crippen molar-refractivity contribution in [3.63, 3.8) is 0 Å². The minimum Gasteiger partial charge on any atom is -0.456 e. The molecule has 0 radical (unpaired) electrons. The highest BCUT2D eigenvalue weighted by atomic mass is 16.5. The average molecular weight is 367 g/mol. The van der Waals surface area contributed by atoms with Crippen molar-refractivity contribution in [2.75, 3.05) is 13.2 Å². The standard InChI is InChI=1S/C21H21NO5/c1-11-3-4-12(2)15(7-11)16(23)10-27-17(24)9-22-20(25)18-13-5-6-14(8-13)19(18)21(22)26/h3-7,13-14,18-19H,8-10H2,1-2H3/t13-,14-,18+,19+/m0/s1. The molecule has 4 rings (SSSR count). The maximum atomic E-state index is 12.6. The lowest BCUT2D eigenvalue weighted by Gasteiger charge is -2.16. The maximum absolute atomic E-state index is 12.6. The lowest BCUT2D eigenvalue weighted by Crippen LogP contribution is -2.38. The zero-order chi connectivity index (χ0) is 19.3. The second-order valence-electron chi connectivity index (χ2n) is 7.66. The van der Waals surface area contributed by atoms with Gasteiger partial charge in [0.25, 0.3) is 0 Å². The summed E-state index contributed by atoms with van der Waals surface area (Å²) in [5.74, 6) is -2.10. The Labute approximate surface area is 157 Å². The summed E-state index contributed by atoms with van der Waals surface area (Å²) < 4.78 is 5.05. The first kappa shape index (κ1) is 17.6. The zero-order valence-electron chi connectivity index (χ0n) is 15.3. The quantitative estimate of drug-likeness (QED) is 0.343. The Morgan fingerprint density at radius 3 is 2.33 bits per heavy atom. The number of nitrogens with zero attached hydrogens (tertiary/aromatic N) is 1. The van der Waals surface area contributed by atoms with Gasteiger partial charge in [-0.1, -0.05) is 29.8 Å². The van der Waals surface area contributed by atoms with E-state index in [-0.39, 0.29) is 41.3 Å². The summed E-state index contributed by atoms with van der Waals surface area (Å²) in [6.45, 7) is 2.87. The number of Topliss-reactive ketones (excluding diaryl/α,β-unsaturated/α-hetero) is 1. The van der Waals surface area contributed by atoms with Crippen LogP contribution in [0.3, 0.4) is 0 Å². The molecule has 1 saturated heterocycles. The van der Waals surface area contributed by atoms with Crippen molar-refractivity contribution in [1.82, 2.24) is 4.90 Å². The molecule has 1 heterocycles. The number of imide groups is 1. The summed E-state index contributed by atoms with van der Waals surface area (Å²) >= 11 is 0. The van der Waals surface area contributed by atoms with E-state index in [4.69, 9.17) is 4.74 Å². The molecule has 4 atom stereocenters. The number of carbonyl (C=O) groups is 4. The van der Waals surface area contributed by atoms with Gasteiger partial charge in [-0.2, -0.15) is 0 Å². The number of fused-ring (bicyclic) bond motifs is 5. The van der Waals surface area contributed by atoms with E-state index >= 15 is 0 Å². The Bertz CT molecular complexity index is 857. The van der Waals surface area contributed by atoms with Crippen molar-refractivity contribution in [3.05, 3.63) is 47.0 Å². The first-order chi connectivity index (χ1) is 12.9. The second-order valence-corrected chi connectivity index (χ2v) is 7.66. The molecule has 0 spiro atoms. The molecule has 3 aliphatic rings. The Hall–Kier alpha value is -2.76. The molecule has 0 N–H and O–H groups in total. The lowest BCUT2D eigenvalue weighted by molar-refractivity contribution is -0.152. The van der Waals surface area contributed by atoms with Crippen LogP contribution in [0.25, 0.3) is 0 Å². The lowest BCUT2D eigenvalue weighted by atomic mass is 9.85. The van der Waals surface area contributed by atoms with Gasteiger partial charge < -0.3 is 4.74 Å². The van der Waals surface area contributed by atoms with Crippen molar-refractivity contribution in [1.29, 1.82) is 0 Å². The zero-order valence-corrected chi connectivity index (χ0v) is 15.3. The number of ketones is 1. The topological polar surface area (TPSA) is 80.8 Å². The van der Waals surface area contributed by atoms with Crippen LogP contribution in [0.15, 0.2) is 30.4 Å². The van der Waals surface area contributed by atoms with Crippen LogP contribution < -0.4 is 0 Å². The van der Waals surface area contributed by atoms with E-state index in [0.717, 1.165) is 22.4 Å².